The van der Waals surface area contributed by atoms with Gasteiger partial charge in [0.1, 0.15) is 0 Å². The average molecular weight is 1090 g/mol. The lowest BCUT2D eigenvalue weighted by Crippen LogP contribution is -2.57. The van der Waals surface area contributed by atoms with E-state index in [2.05, 4.69) is 69.4 Å². The van der Waals surface area contributed by atoms with Crippen LogP contribution in [0.5, 0.6) is 0 Å². The summed E-state index contributed by atoms with van der Waals surface area (Å²) in [5.41, 5.74) is 9.97. The van der Waals surface area contributed by atoms with E-state index in [-0.39, 0.29) is 47.8 Å². The lowest BCUT2D eigenvalue weighted by Gasteiger charge is -2.36. The van der Waals surface area contributed by atoms with Crippen LogP contribution < -0.4 is 21.3 Å². The zero-order valence-corrected chi connectivity index (χ0v) is 44.8. The maximum absolute atomic E-state index is 13.4. The molecule has 2 atom stereocenters. The van der Waals surface area contributed by atoms with Gasteiger partial charge in [0.15, 0.2) is 0 Å². The van der Waals surface area contributed by atoms with E-state index in [4.69, 9.17) is 65.4 Å². The van der Waals surface area contributed by atoms with Gasteiger partial charge in [-0.15, -0.1) is 0 Å². The van der Waals surface area contributed by atoms with E-state index in [1.54, 1.807) is 21.9 Å². The summed E-state index contributed by atoms with van der Waals surface area (Å²) in [5, 5.41) is 14.0. The van der Waals surface area contributed by atoms with Crippen molar-refractivity contribution in [3.8, 4) is 0 Å². The number of urea groups is 2. The Morgan fingerprint density at radius 2 is 0.946 bits per heavy atom. The summed E-state index contributed by atoms with van der Waals surface area (Å²) in [7, 11) is 4.14. The predicted molar refractivity (Wildman–Crippen MR) is 285 cm³/mol. The lowest BCUT2D eigenvalue weighted by molar-refractivity contribution is 0.0377. The van der Waals surface area contributed by atoms with Gasteiger partial charge in [-0.05, 0) is 108 Å². The Kier molecular flexibility index (Phi) is 18.2. The molecule has 4 aliphatic heterocycles. The van der Waals surface area contributed by atoms with Crippen molar-refractivity contribution in [3.63, 3.8) is 0 Å². The van der Waals surface area contributed by atoms with Crippen LogP contribution in [0.2, 0.25) is 20.1 Å². The normalized spacial score (nSPS) is 20.2. The SMILES string of the molecule is CN1Cc2c(Cl)cc(Cl)cc2C(c2ccc3c(c2)C(=O)N(CCOCCOCCNC(=O)N[C@H]2C[C@H](NC(=O)NCCOCCOCCN4Cc5ccc(C6CN(C)Cc7c(Cl)cc(Cl)cc76)cc5C4=O)C2)C3)C1. The molecule has 20 heteroatoms. The highest BCUT2D eigenvalue weighted by Crippen LogP contribution is 2.41. The summed E-state index contributed by atoms with van der Waals surface area (Å²) in [5.74, 6) is 0.112. The first-order chi connectivity index (χ1) is 35.8. The number of nitrogens with one attached hydrogen (secondary N) is 4. The Balaban J connectivity index is 0.555. The number of rotatable bonds is 22. The highest BCUT2D eigenvalue weighted by Gasteiger charge is 2.34. The highest BCUT2D eigenvalue weighted by molar-refractivity contribution is 6.35. The van der Waals surface area contributed by atoms with Crippen LogP contribution in [-0.2, 0) is 45.1 Å². The molecule has 396 valence electrons. The van der Waals surface area contributed by atoms with Crippen molar-refractivity contribution in [2.24, 2.45) is 0 Å². The third-order valence-electron chi connectivity index (χ3n) is 14.4. The van der Waals surface area contributed by atoms with Crippen molar-refractivity contribution < 1.29 is 38.1 Å². The molecular weight excluding hydrogens is 1030 g/mol. The first-order valence-electron chi connectivity index (χ1n) is 25.3. The molecule has 0 radical (unpaired) electrons. The van der Waals surface area contributed by atoms with E-state index < -0.39 is 0 Å². The van der Waals surface area contributed by atoms with Gasteiger partial charge in [0.25, 0.3) is 11.8 Å². The van der Waals surface area contributed by atoms with Crippen LogP contribution in [-0.4, -0.2) is 162 Å². The quantitative estimate of drug-likeness (QED) is 0.0589. The van der Waals surface area contributed by atoms with Crippen LogP contribution in [0, 0.1) is 0 Å². The molecule has 1 aliphatic carbocycles. The highest BCUT2D eigenvalue weighted by atomic mass is 35.5. The number of benzene rings is 4. The standard InChI is InChI=1S/C54H64Cl4N8O8/c1-63-29-45(43-21-37(55)23-49(57)47(43)31-63)33-3-5-35-27-65(51(67)41(35)19-33)9-13-73-17-15-71-11-7-59-53(69)61-39-25-40(26-39)62-54(70)60-8-12-72-16-18-74-14-10-66-28-36-6-4-34(20-42(36)52(66)68)46-30-64(2)32-48-44(46)22-38(56)24-50(48)58/h3-6,19-24,39-40,45-46H,7-18,25-32H2,1-2H3,(H2,59,61,69)(H2,60,62,70)/t39-,40-,45?,46?. The maximum atomic E-state index is 13.4. The molecule has 0 saturated heterocycles. The van der Waals surface area contributed by atoms with E-state index in [9.17, 15) is 19.2 Å². The number of likely N-dealkylation sites (N-methyl/N-ethyl adjacent to an activating group) is 2. The molecule has 0 bridgehead atoms. The summed E-state index contributed by atoms with van der Waals surface area (Å²) in [6, 6.07) is 19.3. The molecule has 4 N–H and O–H groups in total. The fourth-order valence-corrected chi connectivity index (χ4v) is 11.7. The molecule has 4 aromatic rings. The van der Waals surface area contributed by atoms with Crippen molar-refractivity contribution in [3.05, 3.63) is 136 Å². The van der Waals surface area contributed by atoms with Gasteiger partial charge in [-0.1, -0.05) is 70.7 Å². The third kappa shape index (κ3) is 13.3. The van der Waals surface area contributed by atoms with E-state index in [1.807, 2.05) is 24.3 Å². The Morgan fingerprint density at radius 3 is 1.36 bits per heavy atom. The minimum atomic E-state index is -0.288. The molecule has 0 spiro atoms. The Hall–Kier alpha value is -4.72. The van der Waals surface area contributed by atoms with Crippen LogP contribution in [0.15, 0.2) is 60.7 Å². The molecule has 1 fully saturated rings. The molecule has 16 nitrogen and oxygen atoms in total. The lowest BCUT2D eigenvalue weighted by atomic mass is 9.84. The summed E-state index contributed by atoms with van der Waals surface area (Å²) >= 11 is 25.9. The van der Waals surface area contributed by atoms with Crippen molar-refractivity contribution in [1.82, 2.24) is 40.9 Å². The number of carbonyl (C=O) groups excluding carboxylic acids is 4. The number of fused-ring (bicyclic) bond motifs is 4. The fourth-order valence-electron chi connectivity index (χ4n) is 10.6. The third-order valence-corrected chi connectivity index (χ3v) is 15.6. The first-order valence-corrected chi connectivity index (χ1v) is 26.9. The molecule has 6 amide bonds. The number of halogens is 4. The van der Waals surface area contributed by atoms with Crippen molar-refractivity contribution >= 4 is 70.3 Å². The van der Waals surface area contributed by atoms with Crippen LogP contribution in [0.3, 0.4) is 0 Å². The number of ether oxygens (including phenoxy) is 4. The van der Waals surface area contributed by atoms with Crippen LogP contribution in [0.1, 0.15) is 89.9 Å². The average Bonchev–Trinajstić information content (AvgIpc) is 3.85. The van der Waals surface area contributed by atoms with E-state index in [0.29, 0.717) is 125 Å². The molecule has 1 saturated carbocycles. The minimum absolute atomic E-state index is 0.00161. The zero-order valence-electron chi connectivity index (χ0n) is 41.8. The summed E-state index contributed by atoms with van der Waals surface area (Å²) < 4.78 is 22.8. The first kappa shape index (κ1) is 54.1. The Bertz CT molecular complexity index is 2530. The number of amides is 6. The number of nitrogens with zero attached hydrogens (tertiary/aromatic N) is 4. The second-order valence-electron chi connectivity index (χ2n) is 19.8. The van der Waals surface area contributed by atoms with E-state index >= 15 is 0 Å². The number of hydrogen-bond acceptors (Lipinski definition) is 10. The van der Waals surface area contributed by atoms with E-state index in [0.717, 1.165) is 81.8 Å². The monoisotopic (exact) mass is 1090 g/mol. The fraction of sp³-hybridized carbons (Fsp3) is 0.481. The largest absolute Gasteiger partial charge is 0.377 e. The second-order valence-corrected chi connectivity index (χ2v) is 21.5. The van der Waals surface area contributed by atoms with Crippen LogP contribution in [0.4, 0.5) is 9.59 Å². The van der Waals surface area contributed by atoms with Crippen molar-refractivity contribution in [1.29, 1.82) is 0 Å². The molecule has 4 aromatic carbocycles. The van der Waals surface area contributed by atoms with Gasteiger partial charge in [-0.25, -0.2) is 9.59 Å². The minimum Gasteiger partial charge on any atom is -0.377 e. The molecule has 0 aromatic heterocycles. The van der Waals surface area contributed by atoms with Crippen molar-refractivity contribution in [2.45, 2.75) is 62.9 Å². The molecule has 74 heavy (non-hydrogen) atoms. The van der Waals surface area contributed by atoms with Gasteiger partial charge in [0, 0.05) is 121 Å². The smallest absolute Gasteiger partial charge is 0.315 e. The van der Waals surface area contributed by atoms with Crippen LogP contribution in [0.25, 0.3) is 0 Å². The second kappa shape index (κ2) is 25.0. The van der Waals surface area contributed by atoms with Gasteiger partial charge >= 0.3 is 12.1 Å². The van der Waals surface area contributed by atoms with E-state index in [1.165, 1.54) is 0 Å². The Labute approximate surface area is 452 Å². The van der Waals surface area contributed by atoms with Gasteiger partial charge in [0.2, 0.25) is 0 Å². The maximum Gasteiger partial charge on any atom is 0.315 e. The molecule has 9 rings (SSSR count). The molecule has 4 heterocycles. The number of carbonyl (C=O) groups is 4. The van der Waals surface area contributed by atoms with Gasteiger partial charge in [0.05, 0.1) is 52.9 Å². The topological polar surface area (TPSA) is 166 Å². The molecule has 5 aliphatic rings. The summed E-state index contributed by atoms with van der Waals surface area (Å²) in [6.45, 7) is 8.66. The molecule has 2 unspecified atom stereocenters. The van der Waals surface area contributed by atoms with Crippen LogP contribution >= 0.6 is 46.4 Å². The number of hydrogen-bond donors (Lipinski definition) is 4. The predicted octanol–water partition coefficient (Wildman–Crippen LogP) is 7.26. The molecular formula is C54H64Cl4N8O8. The van der Waals surface area contributed by atoms with Gasteiger partial charge in [-0.3, -0.25) is 9.59 Å². The summed E-state index contributed by atoms with van der Waals surface area (Å²) in [6.07, 6.45) is 1.26. The van der Waals surface area contributed by atoms with Gasteiger partial charge in [-0.2, -0.15) is 0 Å². The Morgan fingerprint density at radius 1 is 0.541 bits per heavy atom. The van der Waals surface area contributed by atoms with Crippen molar-refractivity contribution in [2.75, 3.05) is 106 Å². The summed E-state index contributed by atoms with van der Waals surface area (Å²) in [4.78, 5) is 59.6. The zero-order chi connectivity index (χ0) is 51.9. The van der Waals surface area contributed by atoms with Gasteiger partial charge < -0.3 is 59.8 Å².